The highest BCUT2D eigenvalue weighted by atomic mass is 16.5. The molecule has 3 aromatic carbocycles. The number of carboxylic acid groups (broad SMARTS) is 1. The van der Waals surface area contributed by atoms with E-state index in [2.05, 4.69) is 36.4 Å². The Balaban J connectivity index is 1.50. The third kappa shape index (κ3) is 4.84. The number of ether oxygens (including phenoxy) is 1. The summed E-state index contributed by atoms with van der Waals surface area (Å²) in [7, 11) is 0. The lowest BCUT2D eigenvalue weighted by Gasteiger charge is -2.13. The summed E-state index contributed by atoms with van der Waals surface area (Å²) in [6.07, 6.45) is 2.40. The first kappa shape index (κ1) is 19.2. The van der Waals surface area contributed by atoms with Gasteiger partial charge >= 0.3 is 5.97 Å². The van der Waals surface area contributed by atoms with Crippen molar-refractivity contribution in [1.29, 1.82) is 0 Å². The van der Waals surface area contributed by atoms with E-state index in [1.54, 1.807) is 6.07 Å². The van der Waals surface area contributed by atoms with Gasteiger partial charge in [-0.1, -0.05) is 54.6 Å². The van der Waals surface area contributed by atoms with Gasteiger partial charge in [-0.15, -0.1) is 0 Å². The summed E-state index contributed by atoms with van der Waals surface area (Å²) in [5.41, 5.74) is 11.5. The van der Waals surface area contributed by atoms with Gasteiger partial charge in [-0.3, -0.25) is 4.79 Å². The van der Waals surface area contributed by atoms with E-state index in [4.69, 9.17) is 15.6 Å². The number of rotatable bonds is 8. The van der Waals surface area contributed by atoms with Crippen LogP contribution in [0.1, 0.15) is 35.6 Å². The molecular weight excluding hydrogens is 362 g/mol. The Labute approximate surface area is 171 Å². The van der Waals surface area contributed by atoms with Crippen LogP contribution in [0.25, 0.3) is 11.1 Å². The fourth-order valence-electron chi connectivity index (χ4n) is 3.61. The van der Waals surface area contributed by atoms with Gasteiger partial charge in [0.1, 0.15) is 12.4 Å². The first-order chi connectivity index (χ1) is 14.1. The molecule has 0 saturated heterocycles. The van der Waals surface area contributed by atoms with Crippen LogP contribution in [-0.4, -0.2) is 11.1 Å². The highest BCUT2D eigenvalue weighted by molar-refractivity contribution is 5.71. The number of hydrogen-bond donors (Lipinski definition) is 2. The van der Waals surface area contributed by atoms with E-state index in [1.165, 1.54) is 18.4 Å². The maximum Gasteiger partial charge on any atom is 0.307 e. The highest BCUT2D eigenvalue weighted by Crippen LogP contribution is 2.40. The number of nitrogens with two attached hydrogens (primary N) is 1. The molecule has 4 nitrogen and oxygen atoms in total. The molecule has 4 rings (SSSR count). The zero-order chi connectivity index (χ0) is 20.2. The Morgan fingerprint density at radius 2 is 1.72 bits per heavy atom. The van der Waals surface area contributed by atoms with E-state index in [9.17, 15) is 4.79 Å². The highest BCUT2D eigenvalue weighted by Gasteiger charge is 2.29. The third-order valence-electron chi connectivity index (χ3n) is 5.37. The van der Waals surface area contributed by atoms with Gasteiger partial charge in [0.05, 0.1) is 6.42 Å². The van der Waals surface area contributed by atoms with Gasteiger partial charge in [-0.2, -0.15) is 0 Å². The van der Waals surface area contributed by atoms with E-state index >= 15 is 0 Å². The van der Waals surface area contributed by atoms with Crippen molar-refractivity contribution < 1.29 is 14.6 Å². The SMILES string of the molecule is N[C@@H](c1cccc(-c2cccc(COc3ccccc3CC(=O)O)c2)c1)C1CC1. The maximum atomic E-state index is 11.1. The molecule has 29 heavy (non-hydrogen) atoms. The second-order valence-corrected chi connectivity index (χ2v) is 7.66. The average molecular weight is 387 g/mol. The molecule has 0 bridgehead atoms. The van der Waals surface area contributed by atoms with Crippen LogP contribution in [0.2, 0.25) is 0 Å². The fraction of sp³-hybridized carbons (Fsp3) is 0.240. The van der Waals surface area contributed by atoms with Crippen molar-refractivity contribution in [3.05, 3.63) is 89.5 Å². The van der Waals surface area contributed by atoms with Crippen LogP contribution in [-0.2, 0) is 17.8 Å². The van der Waals surface area contributed by atoms with Gasteiger partial charge in [0, 0.05) is 11.6 Å². The molecule has 3 aromatic rings. The zero-order valence-electron chi connectivity index (χ0n) is 16.3. The summed E-state index contributed by atoms with van der Waals surface area (Å²) < 4.78 is 5.93. The number of hydrogen-bond acceptors (Lipinski definition) is 3. The van der Waals surface area contributed by atoms with E-state index in [0.717, 1.165) is 16.7 Å². The standard InChI is InChI=1S/C25H25NO3/c26-25(18-11-12-18)22-9-4-8-20(14-22)19-7-3-5-17(13-19)16-29-23-10-2-1-6-21(23)15-24(27)28/h1-10,13-14,18,25H,11-12,15-16,26H2,(H,27,28)/t25-/m1/s1. The molecule has 148 valence electrons. The molecule has 4 heteroatoms. The van der Waals surface area contributed by atoms with Crippen LogP contribution in [0.15, 0.2) is 72.8 Å². The van der Waals surface area contributed by atoms with Crippen molar-refractivity contribution >= 4 is 5.97 Å². The number of aliphatic carboxylic acids is 1. The van der Waals surface area contributed by atoms with Crippen molar-refractivity contribution in [3.8, 4) is 16.9 Å². The number of carbonyl (C=O) groups is 1. The lowest BCUT2D eigenvalue weighted by molar-refractivity contribution is -0.136. The molecule has 0 amide bonds. The summed E-state index contributed by atoms with van der Waals surface area (Å²) in [6, 6.07) is 24.1. The Bertz CT molecular complexity index is 1010. The average Bonchev–Trinajstić information content (AvgIpc) is 3.58. The van der Waals surface area contributed by atoms with Crippen LogP contribution in [0.5, 0.6) is 5.75 Å². The smallest absolute Gasteiger partial charge is 0.307 e. The fourth-order valence-corrected chi connectivity index (χ4v) is 3.61. The molecular formula is C25H25NO3. The minimum Gasteiger partial charge on any atom is -0.489 e. The molecule has 1 saturated carbocycles. The minimum atomic E-state index is -0.868. The van der Waals surface area contributed by atoms with Crippen LogP contribution in [0.3, 0.4) is 0 Å². The molecule has 0 unspecified atom stereocenters. The predicted molar refractivity (Wildman–Crippen MR) is 114 cm³/mol. The largest absolute Gasteiger partial charge is 0.489 e. The molecule has 1 atom stereocenters. The monoisotopic (exact) mass is 387 g/mol. The van der Waals surface area contributed by atoms with Gasteiger partial charge in [0.15, 0.2) is 0 Å². The minimum absolute atomic E-state index is 0.0513. The van der Waals surface area contributed by atoms with Gasteiger partial charge < -0.3 is 15.6 Å². The van der Waals surface area contributed by atoms with Crippen LogP contribution in [0, 0.1) is 5.92 Å². The molecule has 0 heterocycles. The molecule has 1 fully saturated rings. The maximum absolute atomic E-state index is 11.1. The molecule has 0 spiro atoms. The molecule has 0 aromatic heterocycles. The Morgan fingerprint density at radius 1 is 1.00 bits per heavy atom. The second-order valence-electron chi connectivity index (χ2n) is 7.66. The molecule has 1 aliphatic rings. The summed E-state index contributed by atoms with van der Waals surface area (Å²) in [5.74, 6) is 0.362. The van der Waals surface area contributed by atoms with Gasteiger partial charge in [0.2, 0.25) is 0 Å². The van der Waals surface area contributed by atoms with Crippen molar-refractivity contribution in [3.63, 3.8) is 0 Å². The normalized spacial score (nSPS) is 14.4. The zero-order valence-corrected chi connectivity index (χ0v) is 16.3. The number of carboxylic acids is 1. The lowest BCUT2D eigenvalue weighted by atomic mass is 9.97. The van der Waals surface area contributed by atoms with Crippen molar-refractivity contribution in [2.24, 2.45) is 11.7 Å². The summed E-state index contributed by atoms with van der Waals surface area (Å²) in [4.78, 5) is 11.1. The van der Waals surface area contributed by atoms with Crippen molar-refractivity contribution in [2.75, 3.05) is 0 Å². The van der Waals surface area contributed by atoms with Gasteiger partial charge in [0.25, 0.3) is 0 Å². The first-order valence-electron chi connectivity index (χ1n) is 9.97. The van der Waals surface area contributed by atoms with Crippen LogP contribution >= 0.6 is 0 Å². The van der Waals surface area contributed by atoms with E-state index in [-0.39, 0.29) is 12.5 Å². The van der Waals surface area contributed by atoms with Crippen molar-refractivity contribution in [1.82, 2.24) is 0 Å². The quantitative estimate of drug-likeness (QED) is 0.572. The lowest BCUT2D eigenvalue weighted by Crippen LogP contribution is -2.12. The Morgan fingerprint density at radius 3 is 2.48 bits per heavy atom. The Kier molecular flexibility index (Phi) is 5.63. The van der Waals surface area contributed by atoms with Crippen LogP contribution < -0.4 is 10.5 Å². The Hall–Kier alpha value is -3.11. The van der Waals surface area contributed by atoms with Gasteiger partial charge in [-0.25, -0.2) is 0 Å². The van der Waals surface area contributed by atoms with E-state index in [0.29, 0.717) is 23.8 Å². The van der Waals surface area contributed by atoms with E-state index < -0.39 is 5.97 Å². The number of para-hydroxylation sites is 1. The molecule has 0 aliphatic heterocycles. The van der Waals surface area contributed by atoms with Gasteiger partial charge in [-0.05, 0) is 59.2 Å². The summed E-state index contributed by atoms with van der Waals surface area (Å²) >= 11 is 0. The summed E-state index contributed by atoms with van der Waals surface area (Å²) in [6.45, 7) is 0.381. The third-order valence-corrected chi connectivity index (χ3v) is 5.37. The van der Waals surface area contributed by atoms with Crippen molar-refractivity contribution in [2.45, 2.75) is 31.9 Å². The molecule has 3 N–H and O–H groups in total. The first-order valence-corrected chi connectivity index (χ1v) is 9.97. The topological polar surface area (TPSA) is 72.5 Å². The molecule has 1 aliphatic carbocycles. The second kappa shape index (κ2) is 8.50. The predicted octanol–water partition coefficient (Wildman–Crippen LogP) is 4.97. The number of benzene rings is 3. The summed E-state index contributed by atoms with van der Waals surface area (Å²) in [5, 5.41) is 9.07. The molecule has 0 radical (unpaired) electrons. The van der Waals surface area contributed by atoms with Crippen LogP contribution in [0.4, 0.5) is 0 Å². The van der Waals surface area contributed by atoms with E-state index in [1.807, 2.05) is 30.3 Å².